The normalized spacial score (nSPS) is 12.4. The van der Waals surface area contributed by atoms with Crippen molar-refractivity contribution in [3.8, 4) is 0 Å². The number of rotatable bonds is 6. The van der Waals surface area contributed by atoms with E-state index in [0.29, 0.717) is 6.61 Å². The van der Waals surface area contributed by atoms with E-state index in [1.165, 1.54) is 12.1 Å². The zero-order valence-corrected chi connectivity index (χ0v) is 13.3. The summed E-state index contributed by atoms with van der Waals surface area (Å²) in [6, 6.07) is 26.6. The van der Waals surface area contributed by atoms with Gasteiger partial charge >= 0.3 is 0 Å². The summed E-state index contributed by atoms with van der Waals surface area (Å²) < 4.78 is 19.1. The molecule has 2 heteroatoms. The minimum atomic E-state index is -0.234. The Morgan fingerprint density at radius 2 is 1.42 bits per heavy atom. The van der Waals surface area contributed by atoms with E-state index in [1.807, 2.05) is 54.6 Å². The molecule has 0 aliphatic heterocycles. The summed E-state index contributed by atoms with van der Waals surface area (Å²) in [6.45, 7) is 0.430. The summed E-state index contributed by atoms with van der Waals surface area (Å²) in [5, 5.41) is 0. The molecule has 0 amide bonds. The fourth-order valence-electron chi connectivity index (χ4n) is 2.43. The quantitative estimate of drug-likeness (QED) is 0.558. The molecule has 120 valence electrons. The van der Waals surface area contributed by atoms with Crippen LogP contribution < -0.4 is 0 Å². The average Bonchev–Trinajstić information content (AvgIpc) is 2.65. The topological polar surface area (TPSA) is 9.23 Å². The van der Waals surface area contributed by atoms with Gasteiger partial charge in [0.25, 0.3) is 0 Å². The van der Waals surface area contributed by atoms with Crippen LogP contribution in [0, 0.1) is 5.82 Å². The highest BCUT2D eigenvalue weighted by molar-refractivity contribution is 5.50. The fourth-order valence-corrected chi connectivity index (χ4v) is 2.43. The Morgan fingerprint density at radius 1 is 0.792 bits per heavy atom. The number of halogens is 1. The van der Waals surface area contributed by atoms with Crippen molar-refractivity contribution in [3.63, 3.8) is 0 Å². The molecule has 3 aromatic rings. The molecule has 24 heavy (non-hydrogen) atoms. The van der Waals surface area contributed by atoms with Gasteiger partial charge in [-0.05, 0) is 28.8 Å². The van der Waals surface area contributed by atoms with E-state index in [1.54, 1.807) is 12.1 Å². The van der Waals surface area contributed by atoms with Gasteiger partial charge in [-0.25, -0.2) is 4.39 Å². The Labute approximate surface area is 142 Å². The van der Waals surface area contributed by atoms with Crippen LogP contribution in [0.1, 0.15) is 22.8 Å². The Balaban J connectivity index is 1.75. The van der Waals surface area contributed by atoms with Crippen LogP contribution in [0.4, 0.5) is 4.39 Å². The van der Waals surface area contributed by atoms with E-state index in [0.717, 1.165) is 16.7 Å². The lowest BCUT2D eigenvalue weighted by Crippen LogP contribution is -2.02. The summed E-state index contributed by atoms with van der Waals surface area (Å²) in [4.78, 5) is 0. The minimum absolute atomic E-state index is 0.156. The molecule has 0 spiro atoms. The average molecular weight is 318 g/mol. The molecule has 0 saturated carbocycles. The molecule has 1 nitrogen and oxygen atoms in total. The monoisotopic (exact) mass is 318 g/mol. The van der Waals surface area contributed by atoms with Gasteiger partial charge in [0.05, 0.1) is 6.61 Å². The van der Waals surface area contributed by atoms with Gasteiger partial charge in [0, 0.05) is 0 Å². The lowest BCUT2D eigenvalue weighted by molar-refractivity contribution is 0.0723. The summed E-state index contributed by atoms with van der Waals surface area (Å²) in [5.74, 6) is -0.234. The number of hydrogen-bond acceptors (Lipinski definition) is 1. The molecule has 0 aromatic heterocycles. The predicted molar refractivity (Wildman–Crippen MR) is 95.8 cm³/mol. The van der Waals surface area contributed by atoms with Crippen molar-refractivity contribution in [2.75, 3.05) is 0 Å². The third kappa shape index (κ3) is 4.64. The SMILES string of the molecule is Fc1ccc(COC(/C=C/c2ccccc2)c2ccccc2)cc1. The van der Waals surface area contributed by atoms with Gasteiger partial charge in [-0.2, -0.15) is 0 Å². The molecule has 0 radical (unpaired) electrons. The first-order chi connectivity index (χ1) is 11.8. The molecule has 1 atom stereocenters. The molecule has 3 aromatic carbocycles. The van der Waals surface area contributed by atoms with Crippen LogP contribution in [0.15, 0.2) is 91.0 Å². The van der Waals surface area contributed by atoms with Crippen molar-refractivity contribution < 1.29 is 9.13 Å². The van der Waals surface area contributed by atoms with Crippen molar-refractivity contribution in [3.05, 3.63) is 114 Å². The summed E-state index contributed by atoms with van der Waals surface area (Å²) in [5.41, 5.74) is 3.17. The molecule has 3 rings (SSSR count). The summed E-state index contributed by atoms with van der Waals surface area (Å²) in [6.07, 6.45) is 3.95. The van der Waals surface area contributed by atoms with E-state index >= 15 is 0 Å². The van der Waals surface area contributed by atoms with Crippen LogP contribution >= 0.6 is 0 Å². The Morgan fingerprint density at radius 3 is 2.08 bits per heavy atom. The van der Waals surface area contributed by atoms with Gasteiger partial charge in [-0.15, -0.1) is 0 Å². The molecule has 0 bridgehead atoms. The largest absolute Gasteiger partial charge is 0.365 e. The minimum Gasteiger partial charge on any atom is -0.365 e. The predicted octanol–water partition coefficient (Wildman–Crippen LogP) is 5.80. The third-order valence-electron chi connectivity index (χ3n) is 3.73. The number of hydrogen-bond donors (Lipinski definition) is 0. The van der Waals surface area contributed by atoms with Gasteiger partial charge in [-0.3, -0.25) is 0 Å². The Kier molecular flexibility index (Phi) is 5.54. The van der Waals surface area contributed by atoms with Crippen molar-refractivity contribution >= 4 is 6.08 Å². The molecule has 0 aliphatic rings. The highest BCUT2D eigenvalue weighted by atomic mass is 19.1. The zero-order chi connectivity index (χ0) is 16.6. The first kappa shape index (κ1) is 16.2. The van der Waals surface area contributed by atoms with Crippen molar-refractivity contribution in [2.24, 2.45) is 0 Å². The first-order valence-electron chi connectivity index (χ1n) is 7.95. The van der Waals surface area contributed by atoms with Gasteiger partial charge in [0.2, 0.25) is 0 Å². The van der Waals surface area contributed by atoms with Gasteiger partial charge < -0.3 is 4.74 Å². The third-order valence-corrected chi connectivity index (χ3v) is 3.73. The molecule has 0 fully saturated rings. The van der Waals surface area contributed by atoms with E-state index in [-0.39, 0.29) is 11.9 Å². The molecule has 1 unspecified atom stereocenters. The van der Waals surface area contributed by atoms with Crippen molar-refractivity contribution in [2.45, 2.75) is 12.7 Å². The molecule has 0 aliphatic carbocycles. The second-order valence-corrected chi connectivity index (χ2v) is 5.54. The van der Waals surface area contributed by atoms with Gasteiger partial charge in [0.1, 0.15) is 11.9 Å². The second kappa shape index (κ2) is 8.23. The molecule has 0 saturated heterocycles. The molecular weight excluding hydrogens is 299 g/mol. The number of benzene rings is 3. The summed E-state index contributed by atoms with van der Waals surface area (Å²) in [7, 11) is 0. The van der Waals surface area contributed by atoms with Crippen molar-refractivity contribution in [1.82, 2.24) is 0 Å². The lowest BCUT2D eigenvalue weighted by Gasteiger charge is -2.15. The molecule has 0 N–H and O–H groups in total. The van der Waals surface area contributed by atoms with Crippen LogP contribution in [-0.2, 0) is 11.3 Å². The number of ether oxygens (including phenoxy) is 1. The van der Waals surface area contributed by atoms with E-state index in [2.05, 4.69) is 18.2 Å². The van der Waals surface area contributed by atoms with Crippen molar-refractivity contribution in [1.29, 1.82) is 0 Å². The second-order valence-electron chi connectivity index (χ2n) is 5.54. The van der Waals surface area contributed by atoms with Crippen LogP contribution in [0.3, 0.4) is 0 Å². The first-order valence-corrected chi connectivity index (χ1v) is 7.95. The maximum Gasteiger partial charge on any atom is 0.123 e. The smallest absolute Gasteiger partial charge is 0.123 e. The lowest BCUT2D eigenvalue weighted by atomic mass is 10.1. The van der Waals surface area contributed by atoms with Crippen LogP contribution in [0.5, 0.6) is 0 Å². The highest BCUT2D eigenvalue weighted by Gasteiger charge is 2.08. The van der Waals surface area contributed by atoms with E-state index in [4.69, 9.17) is 4.74 Å². The molecule has 0 heterocycles. The maximum atomic E-state index is 13.0. The van der Waals surface area contributed by atoms with Crippen LogP contribution in [0.25, 0.3) is 6.08 Å². The maximum absolute atomic E-state index is 13.0. The summed E-state index contributed by atoms with van der Waals surface area (Å²) >= 11 is 0. The molecular formula is C22H19FO. The van der Waals surface area contributed by atoms with Crippen LogP contribution in [-0.4, -0.2) is 0 Å². The van der Waals surface area contributed by atoms with Gasteiger partial charge in [0.15, 0.2) is 0 Å². The van der Waals surface area contributed by atoms with Crippen LogP contribution in [0.2, 0.25) is 0 Å². The Hall–Kier alpha value is -2.71. The van der Waals surface area contributed by atoms with Gasteiger partial charge in [-0.1, -0.05) is 84.9 Å². The standard InChI is InChI=1S/C22H19FO/c23-21-14-11-19(12-15-21)17-24-22(20-9-5-2-6-10-20)16-13-18-7-3-1-4-8-18/h1-16,22H,17H2/b16-13+. The zero-order valence-electron chi connectivity index (χ0n) is 13.3. The van der Waals surface area contributed by atoms with E-state index < -0.39 is 0 Å². The Bertz CT molecular complexity index is 764. The highest BCUT2D eigenvalue weighted by Crippen LogP contribution is 2.22. The fraction of sp³-hybridized carbons (Fsp3) is 0.0909. The van der Waals surface area contributed by atoms with E-state index in [9.17, 15) is 4.39 Å².